The van der Waals surface area contributed by atoms with Crippen LogP contribution in [0.2, 0.25) is 10.0 Å². The van der Waals surface area contributed by atoms with Crippen molar-refractivity contribution in [1.29, 1.82) is 0 Å². The van der Waals surface area contributed by atoms with Gasteiger partial charge in [-0.05, 0) is 97.2 Å². The van der Waals surface area contributed by atoms with Gasteiger partial charge in [-0.15, -0.1) is 45.3 Å². The fourth-order valence-corrected chi connectivity index (χ4v) is 21.8. The number of hydrogen-bond donors (Lipinski definition) is 8. The molecule has 4 aromatic carbocycles. The summed E-state index contributed by atoms with van der Waals surface area (Å²) in [7, 11) is 2.38. The standard InChI is InChI=1S/C25H24BrF3N4O4S.C25H24ClF3N4O4S.C24H22BrF3N4O4S.C24H22ClF3N4O4S/c2*1-2-37-24(36)20-18(12-33-11-14(3-6-19(34)35)10-25(28,29)13-33)31-22(23-30-7-8-38-23)32-21(20)16-5-4-15(27)9-17(16)26;2*1-36-23(35)19-17(11-32-10-13(2-5-18(33)34)9-24(27,28)12-32)30-21(22-29-6-7-37-22)31-20(19)15-4-3-14(26)8-16(15)25/h2*3-9,14,21H,2,10-13H2,1H3,(H,31,32)(H,34,35);2*2-8,13,20H,9-12H2,1H3,(H,30,31)(H,33,34)/b2*6-3+;2*5-2+/t2*14-,21-;2*13-,20-/m0000/s1. The Labute approximate surface area is 890 Å². The first-order valence-corrected chi connectivity index (χ1v) is 51.4. The van der Waals surface area contributed by atoms with Crippen LogP contribution in [0.4, 0.5) is 52.7 Å². The van der Waals surface area contributed by atoms with Crippen molar-refractivity contribution in [2.24, 2.45) is 43.6 Å². The van der Waals surface area contributed by atoms with Crippen LogP contribution in [0.1, 0.15) is 106 Å². The lowest BCUT2D eigenvalue weighted by atomic mass is 9.92. The number of benzene rings is 4. The molecule has 8 aliphatic heterocycles. The van der Waals surface area contributed by atoms with E-state index >= 15 is 0 Å². The molecule has 52 heteroatoms. The molecule has 32 nitrogen and oxygen atoms in total. The number of thiazole rings is 4. The van der Waals surface area contributed by atoms with E-state index in [1.54, 1.807) is 60.2 Å². The molecule has 0 bridgehead atoms. The van der Waals surface area contributed by atoms with Crippen LogP contribution in [0.3, 0.4) is 0 Å². The van der Waals surface area contributed by atoms with E-state index in [0.29, 0.717) is 74.4 Å². The van der Waals surface area contributed by atoms with Gasteiger partial charge in [0, 0.05) is 202 Å². The molecule has 150 heavy (non-hydrogen) atoms. The summed E-state index contributed by atoms with van der Waals surface area (Å²) in [5, 5.41) is 57.0. The van der Waals surface area contributed by atoms with Crippen molar-refractivity contribution in [3.8, 4) is 0 Å². The maximum absolute atomic E-state index is 14.7. The lowest BCUT2D eigenvalue weighted by Gasteiger charge is -2.38. The van der Waals surface area contributed by atoms with E-state index in [1.807, 2.05) is 0 Å². The highest BCUT2D eigenvalue weighted by Crippen LogP contribution is 2.46. The molecular weight excluding hydrogens is 2240 g/mol. The highest BCUT2D eigenvalue weighted by molar-refractivity contribution is 9.10. The van der Waals surface area contributed by atoms with E-state index in [-0.39, 0.29) is 121 Å². The quantitative estimate of drug-likeness (QED) is 0.00897. The molecule has 0 spiro atoms. The number of carbonyl (C=O) groups is 8. The van der Waals surface area contributed by atoms with E-state index in [1.165, 1.54) is 164 Å². The van der Waals surface area contributed by atoms with Gasteiger partial charge in [-0.3, -0.25) is 39.6 Å². The Kier molecular flexibility index (Phi) is 39.0. The number of alkyl halides is 8. The van der Waals surface area contributed by atoms with Crippen LogP contribution in [-0.2, 0) is 57.3 Å². The van der Waals surface area contributed by atoms with E-state index in [2.05, 4.69) is 88.0 Å². The number of carbonyl (C=O) groups excluding carboxylic acids is 4. The van der Waals surface area contributed by atoms with Gasteiger partial charge in [-0.1, -0.05) is 104 Å². The van der Waals surface area contributed by atoms with Gasteiger partial charge >= 0.3 is 47.8 Å². The normalized spacial score (nSPS) is 21.9. The van der Waals surface area contributed by atoms with Crippen LogP contribution in [-0.4, -0.2) is 261 Å². The first-order chi connectivity index (χ1) is 71.2. The van der Waals surface area contributed by atoms with Crippen molar-refractivity contribution < 1.29 is 130 Å². The lowest BCUT2D eigenvalue weighted by molar-refractivity contribution is -0.140. The molecule has 8 atom stereocenters. The van der Waals surface area contributed by atoms with Crippen molar-refractivity contribution in [3.63, 3.8) is 0 Å². The number of nitrogens with zero attached hydrogens (tertiary/aromatic N) is 12. The summed E-state index contributed by atoms with van der Waals surface area (Å²) < 4.78 is 194. The zero-order valence-electron chi connectivity index (χ0n) is 79.2. The van der Waals surface area contributed by atoms with Crippen LogP contribution in [0, 0.1) is 46.9 Å². The maximum Gasteiger partial charge on any atom is 0.338 e. The van der Waals surface area contributed by atoms with Gasteiger partial charge < -0.3 is 60.6 Å². The largest absolute Gasteiger partial charge is 0.478 e. The molecule has 0 aliphatic carbocycles. The van der Waals surface area contributed by atoms with Gasteiger partial charge in [0.1, 0.15) is 47.4 Å². The monoisotopic (exact) mass is 2330 g/mol. The first-order valence-electron chi connectivity index (χ1n) is 45.5. The molecule has 0 radical (unpaired) electrons. The second kappa shape index (κ2) is 51.1. The van der Waals surface area contributed by atoms with E-state index in [0.717, 1.165) is 36.4 Å². The van der Waals surface area contributed by atoms with Crippen molar-refractivity contribution in [2.45, 2.75) is 87.4 Å². The average Bonchev–Trinajstić information content (AvgIpc) is 1.18. The third-order valence-corrected chi connectivity index (χ3v) is 28.6. The molecule has 4 aromatic heterocycles. The Hall–Kier alpha value is -12.5. The van der Waals surface area contributed by atoms with Crippen molar-refractivity contribution in [1.82, 2.24) is 60.8 Å². The number of likely N-dealkylation sites (tertiary alicyclic amines) is 4. The first kappa shape index (κ1) is 115. The highest BCUT2D eigenvalue weighted by Gasteiger charge is 2.48. The van der Waals surface area contributed by atoms with E-state index < -0.39 is 194 Å². The SMILES string of the molecule is CCOC(=O)C1=C(CN2C[C@@H](/C=C/C(=O)O)CC(F)(F)C2)NC(c2nccs2)=N[C@H]1c1ccc(F)cc1Br.CCOC(=O)C1=C(CN2C[C@@H](/C=C/C(=O)O)CC(F)(F)C2)NC(c2nccs2)=N[C@H]1c1ccc(F)cc1Cl.COC(=O)C1=C(CN2C[C@@H](/C=C/C(=O)O)CC(F)(F)C2)NC(c2nccs2)=N[C@H]1c1ccc(F)cc1Br.COC(=O)C1=C(CN2C[C@@H](/C=C/C(=O)O)CC(F)(F)C2)NC(c2nccs2)=N[C@H]1c1ccc(F)cc1Cl. The summed E-state index contributed by atoms with van der Waals surface area (Å²) in [6.45, 7) is 1.13. The topological polar surface area (TPSA) is 416 Å². The molecule has 8 aromatic rings. The molecule has 4 saturated heterocycles. The third-order valence-electron chi connectivity index (χ3n) is 23.5. The third kappa shape index (κ3) is 30.9. The number of piperidine rings is 4. The smallest absolute Gasteiger partial charge is 0.338 e. The molecule has 0 amide bonds. The maximum atomic E-state index is 14.7. The summed E-state index contributed by atoms with van der Waals surface area (Å²) in [4.78, 5) is 138. The second-order valence-corrected chi connectivity index (χ2v) is 40.9. The van der Waals surface area contributed by atoms with Gasteiger partial charge in [0.05, 0.1) is 75.9 Å². The van der Waals surface area contributed by atoms with Gasteiger partial charge in [-0.25, -0.2) is 111 Å². The number of hydrogen-bond acceptors (Lipinski definition) is 32. The molecule has 16 rings (SSSR count). The fourth-order valence-electron chi connectivity index (χ4n) is 17.8. The number of aliphatic carboxylic acids is 4. The number of methoxy groups -OCH3 is 2. The molecule has 0 unspecified atom stereocenters. The van der Waals surface area contributed by atoms with Gasteiger partial charge in [0.25, 0.3) is 23.7 Å². The Morgan fingerprint density at radius 2 is 0.620 bits per heavy atom. The summed E-state index contributed by atoms with van der Waals surface area (Å²) in [6.07, 6.45) is 12.8. The number of aromatic nitrogens is 4. The predicted octanol–water partition coefficient (Wildman–Crippen LogP) is 17.2. The second-order valence-electron chi connectivity index (χ2n) is 34.8. The summed E-state index contributed by atoms with van der Waals surface area (Å²) in [5.74, 6) is -23.9. The number of carboxylic acid groups (broad SMARTS) is 4. The van der Waals surface area contributed by atoms with E-state index in [9.17, 15) is 91.0 Å². The van der Waals surface area contributed by atoms with Gasteiger partial charge in [0.15, 0.2) is 43.4 Å². The minimum atomic E-state index is -3.09. The Balaban J connectivity index is 0.000000167. The van der Waals surface area contributed by atoms with Crippen molar-refractivity contribution >= 4 is 172 Å². The molecule has 8 N–H and O–H groups in total. The molecule has 796 valence electrons. The van der Waals surface area contributed by atoms with Crippen molar-refractivity contribution in [2.75, 3.05) is 106 Å². The number of aliphatic imine (C=N–C) groups is 4. The molecule has 4 fully saturated rings. The predicted molar refractivity (Wildman–Crippen MR) is 540 cm³/mol. The van der Waals surface area contributed by atoms with Crippen LogP contribution in [0.25, 0.3) is 0 Å². The highest BCUT2D eigenvalue weighted by atomic mass is 79.9. The molecular formula is C98H92Br2Cl2F12N16O16S4. The lowest BCUT2D eigenvalue weighted by Crippen LogP contribution is -2.49. The number of carboxylic acids is 4. The van der Waals surface area contributed by atoms with Crippen LogP contribution in [0.15, 0.2) is 242 Å². The van der Waals surface area contributed by atoms with Crippen LogP contribution in [0.5, 0.6) is 0 Å². The molecule has 8 aliphatic rings. The van der Waals surface area contributed by atoms with E-state index in [4.69, 9.17) is 67.6 Å². The average molecular weight is 2340 g/mol. The Bertz CT molecular complexity index is 6350. The molecule has 12 heterocycles. The minimum absolute atomic E-state index is 0.0262. The fraction of sp³-hybridized carbons (Fsp3) is 0.347. The zero-order chi connectivity index (χ0) is 108. The van der Waals surface area contributed by atoms with Crippen LogP contribution < -0.4 is 21.3 Å². The van der Waals surface area contributed by atoms with Gasteiger partial charge in [0.2, 0.25) is 0 Å². The minimum Gasteiger partial charge on any atom is -0.478 e. The number of amidine groups is 4. The summed E-state index contributed by atoms with van der Waals surface area (Å²) >= 11 is 24.5. The number of halogens is 16. The summed E-state index contributed by atoms with van der Waals surface area (Å²) in [5.41, 5.74) is 2.95. The number of ether oxygens (including phenoxy) is 4. The Morgan fingerprint density at radius 3 is 0.833 bits per heavy atom. The summed E-state index contributed by atoms with van der Waals surface area (Å²) in [6, 6.07) is 11.4. The number of esters is 4. The Morgan fingerprint density at radius 1 is 0.387 bits per heavy atom. The van der Waals surface area contributed by atoms with Crippen molar-refractivity contribution in [3.05, 3.63) is 297 Å². The van der Waals surface area contributed by atoms with Crippen LogP contribution >= 0.6 is 100 Å². The van der Waals surface area contributed by atoms with Gasteiger partial charge in [-0.2, -0.15) is 0 Å². The zero-order valence-corrected chi connectivity index (χ0v) is 87.2. The number of nitrogens with one attached hydrogen (secondary N) is 4. The number of rotatable bonds is 30. The molecule has 0 saturated carbocycles.